The smallest absolute Gasteiger partial charge is 0.244 e. The Kier molecular flexibility index (Phi) is 5.94. The van der Waals surface area contributed by atoms with Crippen molar-refractivity contribution in [3.8, 4) is 22.8 Å². The van der Waals surface area contributed by atoms with Crippen molar-refractivity contribution in [1.29, 1.82) is 0 Å². The third-order valence-corrected chi connectivity index (χ3v) is 5.59. The van der Waals surface area contributed by atoms with E-state index in [1.54, 1.807) is 47.6 Å². The zero-order valence-electron chi connectivity index (χ0n) is 18.2. The molecule has 10 heteroatoms. The number of amides is 1. The summed E-state index contributed by atoms with van der Waals surface area (Å²) in [5.74, 6) is 0.254. The van der Waals surface area contributed by atoms with Gasteiger partial charge in [0.2, 0.25) is 11.9 Å². The number of carbonyl (C=O) groups excluding carboxylic acids is 1. The molecule has 1 amide bonds. The van der Waals surface area contributed by atoms with Gasteiger partial charge in [0.15, 0.2) is 11.6 Å². The highest BCUT2D eigenvalue weighted by Crippen LogP contribution is 2.24. The molecule has 8 nitrogen and oxygen atoms in total. The molecule has 0 radical (unpaired) electrons. The first-order chi connectivity index (χ1) is 16.6. The van der Waals surface area contributed by atoms with Crippen molar-refractivity contribution in [3.63, 3.8) is 0 Å². The fourth-order valence-corrected chi connectivity index (χ4v) is 3.88. The molecule has 0 N–H and O–H groups in total. The Labute approximate surface area is 194 Å². The average molecular weight is 461 g/mol. The minimum atomic E-state index is -0.426. The molecule has 4 aromatic rings. The molecular weight excluding hydrogens is 440 g/mol. The first-order valence-corrected chi connectivity index (χ1v) is 10.8. The van der Waals surface area contributed by atoms with Gasteiger partial charge in [0.25, 0.3) is 0 Å². The normalized spacial score (nSPS) is 13.8. The van der Waals surface area contributed by atoms with Crippen LogP contribution >= 0.6 is 0 Å². The summed E-state index contributed by atoms with van der Waals surface area (Å²) in [5, 5.41) is 4.46. The van der Waals surface area contributed by atoms with Crippen LogP contribution in [0.15, 0.2) is 67.0 Å². The maximum atomic E-state index is 13.9. The molecule has 1 aliphatic rings. The fourth-order valence-electron chi connectivity index (χ4n) is 3.88. The highest BCUT2D eigenvalue weighted by Gasteiger charge is 2.24. The van der Waals surface area contributed by atoms with E-state index in [9.17, 15) is 13.6 Å². The highest BCUT2D eigenvalue weighted by atomic mass is 19.1. The van der Waals surface area contributed by atoms with Crippen LogP contribution in [0, 0.1) is 11.6 Å². The Hall–Kier alpha value is -4.21. The predicted octanol–water partition coefficient (Wildman–Crippen LogP) is 3.03. The monoisotopic (exact) mass is 461 g/mol. The molecule has 1 fully saturated rings. The standard InChI is InChI=1S/C24H21F2N7O/c25-19-6-1-4-17(14-19)22-29-23(18-5-2-7-20(26)15-18)33(30-22)16-21(34)31-10-12-32(13-11-31)24-27-8-3-9-28-24/h1-9,14-15H,10-13,16H2. The minimum absolute atomic E-state index is 0.0734. The van der Waals surface area contributed by atoms with E-state index in [1.807, 2.05) is 4.90 Å². The molecular formula is C24H21F2N7O. The molecule has 1 saturated heterocycles. The van der Waals surface area contributed by atoms with E-state index >= 15 is 0 Å². The molecule has 2 aromatic heterocycles. The van der Waals surface area contributed by atoms with Crippen molar-refractivity contribution in [2.45, 2.75) is 6.54 Å². The minimum Gasteiger partial charge on any atom is -0.338 e. The van der Waals surface area contributed by atoms with E-state index in [0.717, 1.165) is 0 Å². The lowest BCUT2D eigenvalue weighted by Gasteiger charge is -2.34. The number of piperazine rings is 1. The molecule has 0 bridgehead atoms. The van der Waals surface area contributed by atoms with Crippen molar-refractivity contribution in [2.75, 3.05) is 31.1 Å². The number of aromatic nitrogens is 5. The van der Waals surface area contributed by atoms with Crippen molar-refractivity contribution in [2.24, 2.45) is 0 Å². The summed E-state index contributed by atoms with van der Waals surface area (Å²) in [6.07, 6.45) is 3.38. The number of halogens is 2. The van der Waals surface area contributed by atoms with Gasteiger partial charge >= 0.3 is 0 Å². The third-order valence-electron chi connectivity index (χ3n) is 5.59. The number of hydrogen-bond donors (Lipinski definition) is 0. The van der Waals surface area contributed by atoms with E-state index in [1.165, 1.54) is 28.9 Å². The Morgan fingerprint density at radius 3 is 2.18 bits per heavy atom. The van der Waals surface area contributed by atoms with Crippen LogP contribution < -0.4 is 4.90 Å². The quantitative estimate of drug-likeness (QED) is 0.455. The second-order valence-electron chi connectivity index (χ2n) is 7.85. The second-order valence-corrected chi connectivity index (χ2v) is 7.85. The SMILES string of the molecule is O=C(Cn1nc(-c2cccc(F)c2)nc1-c1cccc(F)c1)N1CCN(c2ncccn2)CC1. The molecule has 0 unspecified atom stereocenters. The van der Waals surface area contributed by atoms with Crippen LogP contribution in [0.25, 0.3) is 22.8 Å². The first-order valence-electron chi connectivity index (χ1n) is 10.8. The summed E-state index contributed by atoms with van der Waals surface area (Å²) < 4.78 is 29.1. The van der Waals surface area contributed by atoms with Crippen LogP contribution in [0.5, 0.6) is 0 Å². The lowest BCUT2D eigenvalue weighted by atomic mass is 10.2. The van der Waals surface area contributed by atoms with Gasteiger partial charge in [-0.2, -0.15) is 0 Å². The van der Waals surface area contributed by atoms with Crippen molar-refractivity contribution >= 4 is 11.9 Å². The molecule has 1 aliphatic heterocycles. The van der Waals surface area contributed by atoms with Gasteiger partial charge in [0, 0.05) is 49.7 Å². The van der Waals surface area contributed by atoms with Gasteiger partial charge in [0.05, 0.1) is 0 Å². The van der Waals surface area contributed by atoms with E-state index in [2.05, 4.69) is 20.1 Å². The van der Waals surface area contributed by atoms with Crippen LogP contribution in [0.2, 0.25) is 0 Å². The van der Waals surface area contributed by atoms with Crippen molar-refractivity contribution < 1.29 is 13.6 Å². The number of anilines is 1. The summed E-state index contributed by atoms with van der Waals surface area (Å²) in [4.78, 5) is 29.9. The van der Waals surface area contributed by atoms with Crippen LogP contribution in [0.4, 0.5) is 14.7 Å². The van der Waals surface area contributed by atoms with E-state index in [4.69, 9.17) is 0 Å². The van der Waals surface area contributed by atoms with Crippen LogP contribution in [0.1, 0.15) is 0 Å². The van der Waals surface area contributed by atoms with Crippen molar-refractivity contribution in [3.05, 3.63) is 78.6 Å². The Balaban J connectivity index is 1.37. The molecule has 3 heterocycles. The molecule has 0 atom stereocenters. The highest BCUT2D eigenvalue weighted by molar-refractivity contribution is 5.77. The van der Waals surface area contributed by atoms with Crippen LogP contribution in [-0.4, -0.2) is 61.7 Å². The first kappa shape index (κ1) is 21.6. The lowest BCUT2D eigenvalue weighted by molar-refractivity contribution is -0.132. The van der Waals surface area contributed by atoms with E-state index in [-0.39, 0.29) is 18.3 Å². The number of nitrogens with zero attached hydrogens (tertiary/aromatic N) is 7. The topological polar surface area (TPSA) is 80.0 Å². The van der Waals surface area contributed by atoms with Gasteiger partial charge in [-0.05, 0) is 30.3 Å². The molecule has 34 heavy (non-hydrogen) atoms. The fraction of sp³-hybridized carbons (Fsp3) is 0.208. The summed E-state index contributed by atoms with van der Waals surface area (Å²) in [6, 6.07) is 13.6. The molecule has 0 aliphatic carbocycles. The van der Waals surface area contributed by atoms with Gasteiger partial charge in [0.1, 0.15) is 18.2 Å². The van der Waals surface area contributed by atoms with Crippen molar-refractivity contribution in [1.82, 2.24) is 29.6 Å². The second kappa shape index (κ2) is 9.34. The van der Waals surface area contributed by atoms with Crippen LogP contribution in [0.3, 0.4) is 0 Å². The zero-order valence-corrected chi connectivity index (χ0v) is 18.2. The van der Waals surface area contributed by atoms with Gasteiger partial charge in [-0.25, -0.2) is 28.4 Å². The predicted molar refractivity (Wildman–Crippen MR) is 122 cm³/mol. The maximum Gasteiger partial charge on any atom is 0.244 e. The summed E-state index contributed by atoms with van der Waals surface area (Å²) in [6.45, 7) is 2.17. The molecule has 0 saturated carbocycles. The lowest BCUT2D eigenvalue weighted by Crippen LogP contribution is -2.50. The number of rotatable bonds is 5. The van der Waals surface area contributed by atoms with Crippen LogP contribution in [-0.2, 0) is 11.3 Å². The van der Waals surface area contributed by atoms with Gasteiger partial charge in [-0.3, -0.25) is 4.79 Å². The Bertz CT molecular complexity index is 1300. The van der Waals surface area contributed by atoms with E-state index < -0.39 is 11.6 Å². The third kappa shape index (κ3) is 4.61. The molecule has 172 valence electrons. The van der Waals surface area contributed by atoms with Gasteiger partial charge < -0.3 is 9.80 Å². The average Bonchev–Trinajstić information content (AvgIpc) is 3.28. The number of benzene rings is 2. The maximum absolute atomic E-state index is 13.9. The number of hydrogen-bond acceptors (Lipinski definition) is 6. The van der Waals surface area contributed by atoms with E-state index in [0.29, 0.717) is 49.1 Å². The number of carbonyl (C=O) groups is 1. The summed E-state index contributed by atoms with van der Waals surface area (Å²) in [7, 11) is 0. The van der Waals surface area contributed by atoms with Gasteiger partial charge in [-0.1, -0.05) is 24.3 Å². The molecule has 2 aromatic carbocycles. The zero-order chi connectivity index (χ0) is 23.5. The Morgan fingerprint density at radius 1 is 0.853 bits per heavy atom. The summed E-state index contributed by atoms with van der Waals surface area (Å²) >= 11 is 0. The Morgan fingerprint density at radius 2 is 1.50 bits per heavy atom. The molecule has 5 rings (SSSR count). The molecule has 0 spiro atoms. The van der Waals surface area contributed by atoms with Gasteiger partial charge in [-0.15, -0.1) is 5.10 Å². The largest absolute Gasteiger partial charge is 0.338 e. The summed E-state index contributed by atoms with van der Waals surface area (Å²) in [5.41, 5.74) is 0.953.